The third kappa shape index (κ3) is 3.61. The van der Waals surface area contributed by atoms with Crippen molar-refractivity contribution in [2.75, 3.05) is 7.11 Å². The highest BCUT2D eigenvalue weighted by Gasteiger charge is 2.18. The number of nitriles is 1. The van der Waals surface area contributed by atoms with Crippen molar-refractivity contribution >= 4 is 0 Å². The molecule has 0 bridgehead atoms. The van der Waals surface area contributed by atoms with Crippen LogP contribution in [0, 0.1) is 11.3 Å². The predicted octanol–water partition coefficient (Wildman–Crippen LogP) is 1.90. The maximum atomic E-state index is 9.50. The van der Waals surface area contributed by atoms with Crippen LogP contribution in [0.15, 0.2) is 24.3 Å². The van der Waals surface area contributed by atoms with E-state index >= 15 is 0 Å². The first-order valence-corrected chi connectivity index (χ1v) is 4.84. The van der Waals surface area contributed by atoms with Gasteiger partial charge in [0, 0.05) is 0 Å². The molecule has 0 aliphatic rings. The fourth-order valence-electron chi connectivity index (χ4n) is 1.24. The maximum absolute atomic E-state index is 9.50. The van der Waals surface area contributed by atoms with E-state index in [1.807, 2.05) is 30.3 Å². The average molecular weight is 205 g/mol. The third-order valence-electron chi connectivity index (χ3n) is 2.30. The molecule has 15 heavy (non-hydrogen) atoms. The van der Waals surface area contributed by atoms with Gasteiger partial charge in [-0.25, -0.2) is 0 Å². The number of nitrogens with zero attached hydrogens (tertiary/aromatic N) is 1. The lowest BCUT2D eigenvalue weighted by Crippen LogP contribution is -2.21. The fourth-order valence-corrected chi connectivity index (χ4v) is 1.24. The van der Waals surface area contributed by atoms with Gasteiger partial charge in [-0.15, -0.1) is 0 Å². The molecule has 0 aliphatic carbocycles. The van der Waals surface area contributed by atoms with Crippen LogP contribution in [0.4, 0.5) is 0 Å². The summed E-state index contributed by atoms with van der Waals surface area (Å²) in [7, 11) is 1.62. The van der Waals surface area contributed by atoms with Crippen molar-refractivity contribution in [2.24, 2.45) is 0 Å². The lowest BCUT2D eigenvalue weighted by molar-refractivity contribution is 0.110. The van der Waals surface area contributed by atoms with Crippen LogP contribution >= 0.6 is 0 Å². The minimum absolute atomic E-state index is 0.440. The first-order valence-electron chi connectivity index (χ1n) is 4.84. The van der Waals surface area contributed by atoms with Gasteiger partial charge in [0.25, 0.3) is 0 Å². The van der Waals surface area contributed by atoms with Crippen molar-refractivity contribution in [3.05, 3.63) is 29.8 Å². The molecule has 1 rings (SSSR count). The van der Waals surface area contributed by atoms with E-state index in [1.54, 1.807) is 7.11 Å². The molecule has 3 nitrogen and oxygen atoms in total. The number of hydrogen-bond acceptors (Lipinski definition) is 3. The van der Waals surface area contributed by atoms with Gasteiger partial charge in [-0.05, 0) is 37.5 Å². The van der Waals surface area contributed by atoms with Crippen LogP contribution in [0.2, 0.25) is 0 Å². The number of methoxy groups -OCH3 is 1. The normalized spacial score (nSPS) is 14.0. The Morgan fingerprint density at radius 3 is 2.47 bits per heavy atom. The Hall–Kier alpha value is -1.53. The molecule has 0 spiro atoms. The van der Waals surface area contributed by atoms with E-state index < -0.39 is 5.60 Å². The van der Waals surface area contributed by atoms with Gasteiger partial charge < -0.3 is 9.84 Å². The Morgan fingerprint density at radius 1 is 1.40 bits per heavy atom. The molecule has 0 saturated carbocycles. The Kier molecular flexibility index (Phi) is 3.70. The van der Waals surface area contributed by atoms with Gasteiger partial charge in [0.1, 0.15) is 11.4 Å². The summed E-state index contributed by atoms with van der Waals surface area (Å²) >= 11 is 0. The molecule has 0 heterocycles. The molecule has 0 unspecified atom stereocenters. The zero-order valence-corrected chi connectivity index (χ0v) is 9.03. The highest BCUT2D eigenvalue weighted by Crippen LogP contribution is 2.16. The smallest absolute Gasteiger partial charge is 0.148 e. The van der Waals surface area contributed by atoms with Crippen molar-refractivity contribution in [3.8, 4) is 11.8 Å². The Morgan fingerprint density at radius 2 is 2.00 bits per heavy atom. The minimum Gasteiger partial charge on any atom is -0.497 e. The van der Waals surface area contributed by atoms with E-state index in [4.69, 9.17) is 10.00 Å². The van der Waals surface area contributed by atoms with Crippen LogP contribution in [0.1, 0.15) is 18.9 Å². The lowest BCUT2D eigenvalue weighted by atomic mass is 9.98. The highest BCUT2D eigenvalue weighted by atomic mass is 16.5. The predicted molar refractivity (Wildman–Crippen MR) is 57.6 cm³/mol. The standard InChI is InChI=1S/C12H15NO2/c1-12(14,9-13)8-7-10-3-5-11(15-2)6-4-10/h3-6,14H,7-8H2,1-2H3/t12-/m0/s1. The zero-order chi connectivity index (χ0) is 11.3. The van der Waals surface area contributed by atoms with Crippen molar-refractivity contribution < 1.29 is 9.84 Å². The third-order valence-corrected chi connectivity index (χ3v) is 2.30. The zero-order valence-electron chi connectivity index (χ0n) is 9.03. The second-order valence-corrected chi connectivity index (χ2v) is 3.73. The summed E-state index contributed by atoms with van der Waals surface area (Å²) in [6, 6.07) is 9.48. The van der Waals surface area contributed by atoms with Gasteiger partial charge >= 0.3 is 0 Å². The van der Waals surface area contributed by atoms with E-state index in [1.165, 1.54) is 6.92 Å². The van der Waals surface area contributed by atoms with E-state index in [-0.39, 0.29) is 0 Å². The van der Waals surface area contributed by atoms with E-state index in [9.17, 15) is 5.11 Å². The van der Waals surface area contributed by atoms with Gasteiger partial charge in [0.15, 0.2) is 0 Å². The fraction of sp³-hybridized carbons (Fsp3) is 0.417. The van der Waals surface area contributed by atoms with Crippen LogP contribution in [0.3, 0.4) is 0 Å². The minimum atomic E-state index is -1.24. The molecule has 0 saturated heterocycles. The van der Waals surface area contributed by atoms with Crippen LogP contribution in [-0.2, 0) is 6.42 Å². The number of aryl methyl sites for hydroxylation is 1. The topological polar surface area (TPSA) is 53.2 Å². The molecule has 1 aromatic rings. The summed E-state index contributed by atoms with van der Waals surface area (Å²) < 4.78 is 5.03. The Bertz CT molecular complexity index is 349. The monoisotopic (exact) mass is 205 g/mol. The van der Waals surface area contributed by atoms with Crippen molar-refractivity contribution in [2.45, 2.75) is 25.4 Å². The summed E-state index contributed by atoms with van der Waals surface area (Å²) in [4.78, 5) is 0. The van der Waals surface area contributed by atoms with Gasteiger partial charge in [-0.1, -0.05) is 12.1 Å². The van der Waals surface area contributed by atoms with Gasteiger partial charge in [0.2, 0.25) is 0 Å². The molecule has 80 valence electrons. The van der Waals surface area contributed by atoms with E-state index in [0.717, 1.165) is 11.3 Å². The lowest BCUT2D eigenvalue weighted by Gasteiger charge is -2.13. The quantitative estimate of drug-likeness (QED) is 0.764. The molecule has 1 atom stereocenters. The number of rotatable bonds is 4. The first kappa shape index (κ1) is 11.5. The summed E-state index contributed by atoms with van der Waals surface area (Å²) in [5.41, 5.74) is -0.147. The van der Waals surface area contributed by atoms with Crippen molar-refractivity contribution in [1.82, 2.24) is 0 Å². The molecule has 3 heteroatoms. The second-order valence-electron chi connectivity index (χ2n) is 3.73. The maximum Gasteiger partial charge on any atom is 0.148 e. The molecule has 0 radical (unpaired) electrons. The average Bonchev–Trinajstić information content (AvgIpc) is 2.27. The van der Waals surface area contributed by atoms with Crippen LogP contribution in [0.5, 0.6) is 5.75 Å². The summed E-state index contributed by atoms with van der Waals surface area (Å²) in [5.74, 6) is 0.811. The Balaban J connectivity index is 2.56. The summed E-state index contributed by atoms with van der Waals surface area (Å²) in [5, 5.41) is 18.1. The van der Waals surface area contributed by atoms with Crippen molar-refractivity contribution in [1.29, 1.82) is 5.26 Å². The number of ether oxygens (including phenoxy) is 1. The van der Waals surface area contributed by atoms with Crippen LogP contribution in [-0.4, -0.2) is 17.8 Å². The number of hydrogen-bond donors (Lipinski definition) is 1. The number of aliphatic hydroxyl groups is 1. The van der Waals surface area contributed by atoms with Gasteiger partial charge in [0.05, 0.1) is 13.2 Å². The number of benzene rings is 1. The second kappa shape index (κ2) is 4.81. The molecule has 0 fully saturated rings. The molecule has 1 N–H and O–H groups in total. The van der Waals surface area contributed by atoms with Gasteiger partial charge in [-0.2, -0.15) is 5.26 Å². The largest absolute Gasteiger partial charge is 0.497 e. The molecule has 0 aromatic heterocycles. The highest BCUT2D eigenvalue weighted by molar-refractivity contribution is 5.27. The SMILES string of the molecule is COc1ccc(CC[C@](C)(O)C#N)cc1. The Labute approximate surface area is 89.9 Å². The van der Waals surface area contributed by atoms with E-state index in [2.05, 4.69) is 0 Å². The van der Waals surface area contributed by atoms with Crippen LogP contribution in [0.25, 0.3) is 0 Å². The molecule has 0 aliphatic heterocycles. The van der Waals surface area contributed by atoms with Gasteiger partial charge in [-0.3, -0.25) is 0 Å². The van der Waals surface area contributed by atoms with Crippen molar-refractivity contribution in [3.63, 3.8) is 0 Å². The molecular formula is C12H15NO2. The molecule has 1 aromatic carbocycles. The first-order chi connectivity index (χ1) is 7.07. The molecule has 0 amide bonds. The molecular weight excluding hydrogens is 190 g/mol. The summed E-state index contributed by atoms with van der Waals surface area (Å²) in [6.07, 6.45) is 1.13. The summed E-state index contributed by atoms with van der Waals surface area (Å²) in [6.45, 7) is 1.52. The van der Waals surface area contributed by atoms with Crippen LogP contribution < -0.4 is 4.74 Å². The van der Waals surface area contributed by atoms with E-state index in [0.29, 0.717) is 12.8 Å².